The molecule has 8 nitrogen and oxygen atoms in total. The number of rotatable bonds is 4. The second kappa shape index (κ2) is 4.96. The summed E-state index contributed by atoms with van der Waals surface area (Å²) in [6.45, 7) is 1.05. The molecule has 0 saturated heterocycles. The zero-order chi connectivity index (χ0) is 12.4. The van der Waals surface area contributed by atoms with Crippen molar-refractivity contribution in [1.82, 2.24) is 0 Å². The molecular weight excluding hydrogens is 232 g/mol. The van der Waals surface area contributed by atoms with Gasteiger partial charge < -0.3 is 20.4 Å². The van der Waals surface area contributed by atoms with Gasteiger partial charge in [0, 0.05) is 0 Å². The third-order valence-corrected chi connectivity index (χ3v) is 2.41. The largest absolute Gasteiger partial charge is 0.391 e. The fourth-order valence-corrected chi connectivity index (χ4v) is 1.21. The van der Waals surface area contributed by atoms with E-state index in [0.29, 0.717) is 0 Å². The van der Waals surface area contributed by atoms with Crippen molar-refractivity contribution in [3.8, 4) is 0 Å². The van der Waals surface area contributed by atoms with Gasteiger partial charge in [-0.25, -0.2) is 0 Å². The van der Waals surface area contributed by atoms with Crippen LogP contribution in [-0.4, -0.2) is 62.9 Å². The van der Waals surface area contributed by atoms with Crippen LogP contribution < -0.4 is 0 Å². The van der Waals surface area contributed by atoms with Crippen LogP contribution in [0.5, 0.6) is 0 Å². The summed E-state index contributed by atoms with van der Waals surface area (Å²) in [5.41, 5.74) is 0. The molecule has 0 aliphatic rings. The molecule has 90 valence electrons. The van der Waals surface area contributed by atoms with E-state index < -0.39 is 39.6 Å². The second-order valence-electron chi connectivity index (χ2n) is 2.96. The van der Waals surface area contributed by atoms with Gasteiger partial charge in [0.2, 0.25) is 0 Å². The van der Waals surface area contributed by atoms with Gasteiger partial charge in [0.1, 0.15) is 12.2 Å². The number of aliphatic hydroxyl groups excluding tert-OH is 4. The minimum absolute atomic E-state index is 1.05. The van der Waals surface area contributed by atoms with E-state index in [-0.39, 0.29) is 0 Å². The molecule has 0 fully saturated rings. The van der Waals surface area contributed by atoms with Gasteiger partial charge in [0.05, 0.1) is 6.10 Å². The molecule has 15 heavy (non-hydrogen) atoms. The van der Waals surface area contributed by atoms with E-state index in [0.717, 1.165) is 6.92 Å². The molecule has 0 amide bonds. The Labute approximate surface area is 85.5 Å². The number of hydrogen-bond donors (Lipinski definition) is 5. The summed E-state index contributed by atoms with van der Waals surface area (Å²) in [5, 5.41) is 33.7. The van der Waals surface area contributed by atoms with Crippen molar-refractivity contribution in [2.75, 3.05) is 0 Å². The van der Waals surface area contributed by atoms with Gasteiger partial charge in [-0.15, -0.1) is 0 Å². The van der Waals surface area contributed by atoms with E-state index in [1.54, 1.807) is 0 Å². The molecule has 0 aliphatic carbocycles. The average Bonchev–Trinajstić information content (AvgIpc) is 2.11. The molecular formula is C6H12O8S. The van der Waals surface area contributed by atoms with E-state index in [1.165, 1.54) is 0 Å². The molecule has 0 aromatic rings. The minimum atomic E-state index is -5.15. The maximum atomic E-state index is 10.7. The molecule has 0 rings (SSSR count). The third-order valence-electron chi connectivity index (χ3n) is 1.66. The lowest BCUT2D eigenvalue weighted by atomic mass is 10.1. The standard InChI is InChI=1S/C6H12O8S/c1-2(7)3(8)4(9)5(10)6(11)15(12,13)14/h2-5,7-10H,1H3,(H,12,13,14)/t2-,3-,4+,5-/m1/s1. The number of carbonyl (C=O) groups is 1. The van der Waals surface area contributed by atoms with E-state index in [2.05, 4.69) is 0 Å². The highest BCUT2D eigenvalue weighted by atomic mass is 32.2. The van der Waals surface area contributed by atoms with Crippen molar-refractivity contribution in [3.63, 3.8) is 0 Å². The summed E-state index contributed by atoms with van der Waals surface area (Å²) in [4.78, 5) is 10.7. The van der Waals surface area contributed by atoms with Crippen LogP contribution in [0.4, 0.5) is 0 Å². The molecule has 0 heterocycles. The predicted octanol–water partition coefficient (Wildman–Crippen LogP) is -3.14. The molecule has 0 spiro atoms. The lowest BCUT2D eigenvalue weighted by molar-refractivity contribution is -0.136. The summed E-state index contributed by atoms with van der Waals surface area (Å²) >= 11 is 0. The van der Waals surface area contributed by atoms with Crippen LogP contribution in [0.25, 0.3) is 0 Å². The zero-order valence-corrected chi connectivity index (χ0v) is 8.49. The van der Waals surface area contributed by atoms with Gasteiger partial charge in [0.25, 0.3) is 0 Å². The molecule has 5 N–H and O–H groups in total. The molecule has 9 heteroatoms. The van der Waals surface area contributed by atoms with Crippen LogP contribution in [0.15, 0.2) is 0 Å². The van der Waals surface area contributed by atoms with Crippen LogP contribution in [0.3, 0.4) is 0 Å². The Bertz CT molecular complexity index is 320. The molecule has 4 atom stereocenters. The Morgan fingerprint density at radius 3 is 1.73 bits per heavy atom. The monoisotopic (exact) mass is 244 g/mol. The average molecular weight is 244 g/mol. The van der Waals surface area contributed by atoms with Gasteiger partial charge in [0.15, 0.2) is 6.10 Å². The first kappa shape index (κ1) is 14.4. The number of hydrogen-bond acceptors (Lipinski definition) is 7. The minimum Gasteiger partial charge on any atom is -0.391 e. The second-order valence-corrected chi connectivity index (χ2v) is 4.31. The van der Waals surface area contributed by atoms with Crippen LogP contribution >= 0.6 is 0 Å². The first-order chi connectivity index (χ1) is 6.59. The molecule has 0 unspecified atom stereocenters. The van der Waals surface area contributed by atoms with Crippen LogP contribution in [0, 0.1) is 0 Å². The fourth-order valence-electron chi connectivity index (χ4n) is 0.764. The van der Waals surface area contributed by atoms with Crippen LogP contribution in [0.1, 0.15) is 6.92 Å². The van der Waals surface area contributed by atoms with Crippen molar-refractivity contribution in [2.24, 2.45) is 0 Å². The highest BCUT2D eigenvalue weighted by Crippen LogP contribution is 2.07. The number of aliphatic hydroxyl groups is 4. The highest BCUT2D eigenvalue weighted by Gasteiger charge is 2.38. The molecule has 0 radical (unpaired) electrons. The van der Waals surface area contributed by atoms with Crippen molar-refractivity contribution in [1.29, 1.82) is 0 Å². The Morgan fingerprint density at radius 2 is 1.47 bits per heavy atom. The van der Waals surface area contributed by atoms with Gasteiger partial charge in [-0.05, 0) is 6.92 Å². The summed E-state index contributed by atoms with van der Waals surface area (Å²) in [5.74, 6) is 0. The van der Waals surface area contributed by atoms with Crippen molar-refractivity contribution in [3.05, 3.63) is 0 Å². The van der Waals surface area contributed by atoms with Crippen LogP contribution in [0.2, 0.25) is 0 Å². The van der Waals surface area contributed by atoms with Gasteiger partial charge in [-0.1, -0.05) is 0 Å². The molecule has 0 bridgehead atoms. The SMILES string of the molecule is C[C@@H](O)[C@@H](O)[C@H](O)[C@@H](O)C(=O)S(=O)(=O)O. The summed E-state index contributed by atoms with van der Waals surface area (Å²) in [6, 6.07) is 0. The first-order valence-corrected chi connectivity index (χ1v) is 5.26. The highest BCUT2D eigenvalue weighted by molar-refractivity contribution is 8.01. The predicted molar refractivity (Wildman–Crippen MR) is 46.3 cm³/mol. The Morgan fingerprint density at radius 1 is 1.07 bits per heavy atom. The van der Waals surface area contributed by atoms with E-state index in [1.807, 2.05) is 0 Å². The van der Waals surface area contributed by atoms with Crippen molar-refractivity contribution >= 4 is 15.2 Å². The summed E-state index contributed by atoms with van der Waals surface area (Å²) < 4.78 is 28.8. The first-order valence-electron chi connectivity index (χ1n) is 3.82. The molecule has 0 saturated carbocycles. The van der Waals surface area contributed by atoms with Gasteiger partial charge >= 0.3 is 15.2 Å². The zero-order valence-electron chi connectivity index (χ0n) is 7.68. The maximum Gasteiger partial charge on any atom is 0.331 e. The van der Waals surface area contributed by atoms with E-state index >= 15 is 0 Å². The topological polar surface area (TPSA) is 152 Å². The van der Waals surface area contributed by atoms with Gasteiger partial charge in [-0.2, -0.15) is 8.42 Å². The summed E-state index contributed by atoms with van der Waals surface area (Å²) in [7, 11) is -5.15. The van der Waals surface area contributed by atoms with E-state index in [4.69, 9.17) is 25.0 Å². The third kappa shape index (κ3) is 3.81. The molecule has 0 aliphatic heterocycles. The maximum absolute atomic E-state index is 10.7. The van der Waals surface area contributed by atoms with Crippen molar-refractivity contribution in [2.45, 2.75) is 31.3 Å². The lowest BCUT2D eigenvalue weighted by Gasteiger charge is -2.22. The lowest BCUT2D eigenvalue weighted by Crippen LogP contribution is -2.48. The molecule has 0 aromatic carbocycles. The van der Waals surface area contributed by atoms with Crippen LogP contribution in [-0.2, 0) is 14.9 Å². The van der Waals surface area contributed by atoms with Gasteiger partial charge in [-0.3, -0.25) is 9.35 Å². The Kier molecular flexibility index (Phi) is 4.77. The van der Waals surface area contributed by atoms with Crippen molar-refractivity contribution < 1.29 is 38.2 Å². The molecule has 0 aromatic heterocycles. The smallest absolute Gasteiger partial charge is 0.331 e. The summed E-state index contributed by atoms with van der Waals surface area (Å²) in [6.07, 6.45) is -8.13. The Balaban J connectivity index is 4.73. The quantitative estimate of drug-likeness (QED) is 0.325. The van der Waals surface area contributed by atoms with E-state index in [9.17, 15) is 13.2 Å². The normalized spacial score (nSPS) is 20.4. The number of carbonyl (C=O) groups excluding carboxylic acids is 1. The Hall–Kier alpha value is -0.580. The fraction of sp³-hybridized carbons (Fsp3) is 0.833.